The molecule has 0 aromatic carbocycles. The molecule has 0 heterocycles. The van der Waals surface area contributed by atoms with Crippen molar-refractivity contribution in [3.05, 3.63) is 0 Å². The maximum Gasteiger partial charge on any atom is 0 e. The number of hydrogen-bond donors (Lipinski definition) is 0. The molecule has 0 aliphatic rings. The maximum absolute atomic E-state index is 0. The van der Waals surface area contributed by atoms with Crippen molar-refractivity contribution in [2.45, 2.75) is 0 Å². The Hall–Kier alpha value is 2.74. The van der Waals surface area contributed by atoms with E-state index in [1.54, 1.807) is 0 Å². The minimum absolute atomic E-state index is 0. The normalized spacial score (nSPS) is 0. The first-order chi connectivity index (χ1) is 0. The molecular weight excluding hydrogens is 480 g/mol. The van der Waals surface area contributed by atoms with E-state index in [0.717, 1.165) is 0 Å². The summed E-state index contributed by atoms with van der Waals surface area (Å²) in [4.78, 5) is 0. The van der Waals surface area contributed by atoms with Crippen molar-refractivity contribution in [2.75, 3.05) is 0 Å². The van der Waals surface area contributed by atoms with Gasteiger partial charge in [0.05, 0.1) is 0 Å². The zero-order chi connectivity index (χ0) is 0. The second-order valence-corrected chi connectivity index (χ2v) is 0. The molecule has 34 valence electrons. The quantitative estimate of drug-likeness (QED) is 0.415. The van der Waals surface area contributed by atoms with Gasteiger partial charge in [0.25, 0.3) is 0 Å². The van der Waals surface area contributed by atoms with E-state index >= 15 is 0 Å². The van der Waals surface area contributed by atoms with Crippen molar-refractivity contribution in [3.8, 4) is 0 Å². The van der Waals surface area contributed by atoms with E-state index in [1.807, 2.05) is 0 Å². The van der Waals surface area contributed by atoms with Gasteiger partial charge in [0, 0.05) is 84.4 Å². The predicted molar refractivity (Wildman–Crippen MR) is 5.75 cm³/mol. The molecule has 0 atom stereocenters. The monoisotopic (exact) mass is 479 g/mol. The van der Waals surface area contributed by atoms with E-state index in [1.165, 1.54) is 0 Å². The van der Waals surface area contributed by atoms with Crippen LogP contribution in [0.25, 0.3) is 0 Å². The van der Waals surface area contributed by atoms with Crippen molar-refractivity contribution in [2.24, 2.45) is 0 Å². The molecule has 0 amide bonds. The van der Waals surface area contributed by atoms with Gasteiger partial charge in [-0.2, -0.15) is 0 Å². The molecule has 0 nitrogen and oxygen atoms in total. The third-order valence-electron chi connectivity index (χ3n) is 0. The third kappa shape index (κ3) is 8.83. The Morgan fingerprint density at radius 2 is 1.00 bits per heavy atom. The summed E-state index contributed by atoms with van der Waals surface area (Å²) >= 11 is 0. The third-order valence-corrected chi connectivity index (χ3v) is 0. The Labute approximate surface area is 83.0 Å². The van der Waals surface area contributed by atoms with Crippen LogP contribution < -0.4 is 0 Å². The smallest absolute Gasteiger partial charge is 0 e. The molecule has 0 unspecified atom stereocenters. The van der Waals surface area contributed by atoms with E-state index in [4.69, 9.17) is 0 Å². The Kier molecular flexibility index (Phi) is 127. The van der Waals surface area contributed by atoms with E-state index in [-0.39, 0.29) is 84.4 Å². The molecule has 0 aliphatic heterocycles. The van der Waals surface area contributed by atoms with Gasteiger partial charge in [0.15, 0.2) is 0 Å². The molecule has 0 saturated heterocycles. The zero-order valence-corrected chi connectivity index (χ0v) is 9.58. The van der Waals surface area contributed by atoms with Gasteiger partial charge in [-0.05, 0) is 0 Å². The van der Waals surface area contributed by atoms with E-state index in [0.29, 0.717) is 0 Å². The molecule has 4 heavy (non-hydrogen) atoms. The van der Waals surface area contributed by atoms with Gasteiger partial charge < -0.3 is 0 Å². The number of rotatable bonds is 0. The minimum Gasteiger partial charge on any atom is 0 e. The van der Waals surface area contributed by atoms with Gasteiger partial charge in [-0.15, -0.1) is 0 Å². The molecule has 0 bridgehead atoms. The van der Waals surface area contributed by atoms with Crippen LogP contribution in [0.3, 0.4) is 0 Å². The summed E-state index contributed by atoms with van der Waals surface area (Å²) in [5.41, 5.74) is 0. The fourth-order valence-corrected chi connectivity index (χ4v) is 0. The molecule has 0 aromatic heterocycles. The molecular formula is CuInPdPt. The first kappa shape index (κ1) is 29.6. The van der Waals surface area contributed by atoms with Crippen molar-refractivity contribution >= 4 is 25.8 Å². The summed E-state index contributed by atoms with van der Waals surface area (Å²) in [6.07, 6.45) is 0. The van der Waals surface area contributed by atoms with Gasteiger partial charge in [-0.25, -0.2) is 0 Å². The first-order valence-electron chi connectivity index (χ1n) is 0. The van der Waals surface area contributed by atoms with Crippen LogP contribution in [0.2, 0.25) is 0 Å². The van der Waals surface area contributed by atoms with Crippen molar-refractivity contribution in [1.82, 2.24) is 0 Å². The van der Waals surface area contributed by atoms with Gasteiger partial charge in [-0.1, -0.05) is 0 Å². The molecule has 0 N–H and O–H groups in total. The van der Waals surface area contributed by atoms with Crippen molar-refractivity contribution in [3.63, 3.8) is 0 Å². The van der Waals surface area contributed by atoms with E-state index in [9.17, 15) is 0 Å². The minimum atomic E-state index is 0. The Morgan fingerprint density at radius 1 is 1.00 bits per heavy atom. The summed E-state index contributed by atoms with van der Waals surface area (Å²) in [6, 6.07) is 0. The topological polar surface area (TPSA) is 0 Å². The Bertz CT molecular complexity index is 8.00. The average Bonchev–Trinajstić information content (AvgIpc) is 0. The summed E-state index contributed by atoms with van der Waals surface area (Å²) < 4.78 is 0. The first-order valence-corrected chi connectivity index (χ1v) is 0. The van der Waals surface area contributed by atoms with Crippen LogP contribution in [-0.4, -0.2) is 25.8 Å². The fourth-order valence-electron chi connectivity index (χ4n) is 0. The van der Waals surface area contributed by atoms with Crippen molar-refractivity contribution < 1.29 is 58.6 Å². The second kappa shape index (κ2) is 17.2. The van der Waals surface area contributed by atoms with E-state index in [2.05, 4.69) is 0 Å². The van der Waals surface area contributed by atoms with Gasteiger partial charge in [0.2, 0.25) is 0 Å². The summed E-state index contributed by atoms with van der Waals surface area (Å²) in [5, 5.41) is 0. The van der Waals surface area contributed by atoms with Crippen LogP contribution in [0, 0.1) is 0 Å². The van der Waals surface area contributed by atoms with Gasteiger partial charge in [0.1, 0.15) is 0 Å². The van der Waals surface area contributed by atoms with Gasteiger partial charge >= 0.3 is 0 Å². The average molecular weight is 480 g/mol. The van der Waals surface area contributed by atoms with Crippen LogP contribution in [0.4, 0.5) is 0 Å². The molecule has 0 rings (SSSR count). The summed E-state index contributed by atoms with van der Waals surface area (Å²) in [5.74, 6) is 0. The van der Waals surface area contributed by atoms with Crippen LogP contribution in [0.5, 0.6) is 0 Å². The SMILES string of the molecule is [Cu].[In].[Pd].[Pt]. The summed E-state index contributed by atoms with van der Waals surface area (Å²) in [7, 11) is 0. The van der Waals surface area contributed by atoms with Crippen LogP contribution in [0.15, 0.2) is 0 Å². The second-order valence-electron chi connectivity index (χ2n) is 0. The molecule has 0 saturated carbocycles. The van der Waals surface area contributed by atoms with Crippen LogP contribution in [-0.2, 0) is 58.6 Å². The Balaban J connectivity index is 0. The van der Waals surface area contributed by atoms with Crippen molar-refractivity contribution in [1.29, 1.82) is 0 Å². The standard InChI is InChI=1S/Cu.In.Pd.Pt. The molecule has 0 fully saturated rings. The largest absolute Gasteiger partial charge is 0 e. The van der Waals surface area contributed by atoms with Crippen LogP contribution >= 0.6 is 0 Å². The summed E-state index contributed by atoms with van der Waals surface area (Å²) in [6.45, 7) is 0. The maximum atomic E-state index is 0. The molecule has 4 radical (unpaired) electrons. The van der Waals surface area contributed by atoms with Gasteiger partial charge in [-0.3, -0.25) is 0 Å². The molecule has 0 aromatic rings. The molecule has 4 heteroatoms. The molecule has 0 spiro atoms. The van der Waals surface area contributed by atoms with E-state index < -0.39 is 0 Å². The predicted octanol–water partition coefficient (Wildman–Crippen LogP) is -0.388. The fraction of sp³-hybridized carbons (Fsp3) is 0. The number of hydrogen-bond acceptors (Lipinski definition) is 0. The Morgan fingerprint density at radius 3 is 1.00 bits per heavy atom. The van der Waals surface area contributed by atoms with Crippen LogP contribution in [0.1, 0.15) is 0 Å². The zero-order valence-electron chi connectivity index (χ0n) is 1.51. The molecule has 0 aliphatic carbocycles.